The number of anilines is 2. The van der Waals surface area contributed by atoms with Crippen molar-refractivity contribution in [3.63, 3.8) is 0 Å². The third-order valence-electron chi connectivity index (χ3n) is 8.72. The van der Waals surface area contributed by atoms with E-state index in [1.807, 2.05) is 36.4 Å². The number of nitrogens with zero attached hydrogens (tertiary/aromatic N) is 4. The van der Waals surface area contributed by atoms with Crippen LogP contribution in [-0.4, -0.2) is 78.7 Å². The maximum atomic E-state index is 12.6. The number of hydrogen-bond donors (Lipinski definition) is 1. The number of imidazole rings is 1. The van der Waals surface area contributed by atoms with Crippen molar-refractivity contribution in [3.05, 3.63) is 96.1 Å². The average Bonchev–Trinajstić information content (AvgIpc) is 3.48. The fourth-order valence-electron chi connectivity index (χ4n) is 6.22. The molecule has 1 aromatic heterocycles. The van der Waals surface area contributed by atoms with Crippen LogP contribution in [0.15, 0.2) is 84.9 Å². The number of rotatable bonds is 11. The smallest absolute Gasteiger partial charge is 0.462 e. The summed E-state index contributed by atoms with van der Waals surface area (Å²) in [7, 11) is 0. The van der Waals surface area contributed by atoms with Gasteiger partial charge in [-0.25, -0.2) is 14.6 Å². The molecule has 5 aromatic rings. The summed E-state index contributed by atoms with van der Waals surface area (Å²) in [5, 5.41) is 0. The first-order chi connectivity index (χ1) is 24.5. The van der Waals surface area contributed by atoms with Crippen LogP contribution in [0.3, 0.4) is 0 Å². The van der Waals surface area contributed by atoms with Gasteiger partial charge in [0.05, 0.1) is 46.7 Å². The van der Waals surface area contributed by atoms with Gasteiger partial charge in [-0.15, -0.1) is 13.2 Å². The molecule has 51 heavy (non-hydrogen) atoms. The molecule has 10 nitrogen and oxygen atoms in total. The van der Waals surface area contributed by atoms with E-state index in [0.717, 1.165) is 66.4 Å². The highest BCUT2D eigenvalue weighted by molar-refractivity contribution is 5.94. The van der Waals surface area contributed by atoms with Gasteiger partial charge in [0.1, 0.15) is 11.6 Å². The molecule has 1 fully saturated rings. The van der Waals surface area contributed by atoms with Crippen LogP contribution in [-0.2, 0) is 16.0 Å². The number of piperazine rings is 1. The zero-order valence-electron chi connectivity index (χ0n) is 28.3. The molecule has 0 amide bonds. The molecule has 0 spiro atoms. The van der Waals surface area contributed by atoms with E-state index in [4.69, 9.17) is 20.2 Å². The van der Waals surface area contributed by atoms with Gasteiger partial charge >= 0.3 is 18.3 Å². The van der Waals surface area contributed by atoms with Crippen LogP contribution >= 0.6 is 0 Å². The molecular weight excluding hydrogens is 663 g/mol. The highest BCUT2D eigenvalue weighted by Crippen LogP contribution is 2.31. The quantitative estimate of drug-likeness (QED) is 0.115. The minimum atomic E-state index is -4.75. The second-order valence-corrected chi connectivity index (χ2v) is 12.0. The van der Waals surface area contributed by atoms with Gasteiger partial charge in [-0.05, 0) is 73.5 Å². The summed E-state index contributed by atoms with van der Waals surface area (Å²) in [6.45, 7) is 8.57. The zero-order valence-corrected chi connectivity index (χ0v) is 28.3. The van der Waals surface area contributed by atoms with Crippen molar-refractivity contribution in [3.8, 4) is 28.3 Å². The Morgan fingerprint density at radius 2 is 1.31 bits per heavy atom. The van der Waals surface area contributed by atoms with Crippen molar-refractivity contribution in [2.75, 3.05) is 56.6 Å². The lowest BCUT2D eigenvalue weighted by Gasteiger charge is -2.36. The number of halogens is 3. The van der Waals surface area contributed by atoms with Gasteiger partial charge in [-0.3, -0.25) is 4.90 Å². The Balaban J connectivity index is 1.19. The lowest BCUT2D eigenvalue weighted by molar-refractivity contribution is -0.274. The predicted molar refractivity (Wildman–Crippen MR) is 189 cm³/mol. The van der Waals surface area contributed by atoms with Gasteiger partial charge < -0.3 is 29.4 Å². The van der Waals surface area contributed by atoms with E-state index < -0.39 is 18.3 Å². The number of nitrogen functional groups attached to an aromatic ring is 1. The molecule has 2 heterocycles. The molecule has 0 unspecified atom stereocenters. The van der Waals surface area contributed by atoms with Gasteiger partial charge in [0.2, 0.25) is 0 Å². The van der Waals surface area contributed by atoms with Crippen LogP contribution in [0.5, 0.6) is 5.75 Å². The largest absolute Gasteiger partial charge is 0.573 e. The minimum absolute atomic E-state index is 0.264. The molecule has 0 aliphatic carbocycles. The monoisotopic (exact) mass is 701 g/mol. The van der Waals surface area contributed by atoms with E-state index in [1.54, 1.807) is 50.2 Å². The second-order valence-electron chi connectivity index (χ2n) is 12.0. The van der Waals surface area contributed by atoms with Crippen LogP contribution in [0.1, 0.15) is 34.6 Å². The van der Waals surface area contributed by atoms with Gasteiger partial charge in [0.25, 0.3) is 0 Å². The molecule has 1 aliphatic rings. The van der Waals surface area contributed by atoms with Gasteiger partial charge in [-0.1, -0.05) is 36.4 Å². The Kier molecular flexibility index (Phi) is 10.5. The first kappa shape index (κ1) is 35.3. The summed E-state index contributed by atoms with van der Waals surface area (Å²) < 4.78 is 54.3. The fraction of sp³-hybridized carbons (Fsp3) is 0.289. The molecule has 0 saturated carbocycles. The normalized spacial score (nSPS) is 13.7. The van der Waals surface area contributed by atoms with Crippen molar-refractivity contribution in [2.24, 2.45) is 0 Å². The predicted octanol–water partition coefficient (Wildman–Crippen LogP) is 7.03. The zero-order chi connectivity index (χ0) is 36.1. The lowest BCUT2D eigenvalue weighted by Crippen LogP contribution is -2.47. The van der Waals surface area contributed by atoms with Crippen LogP contribution in [0, 0.1) is 0 Å². The first-order valence-electron chi connectivity index (χ1n) is 16.7. The Morgan fingerprint density at radius 1 is 0.745 bits per heavy atom. The molecule has 2 N–H and O–H groups in total. The highest BCUT2D eigenvalue weighted by Gasteiger charge is 2.31. The lowest BCUT2D eigenvalue weighted by atomic mass is 10.0. The maximum absolute atomic E-state index is 12.6. The summed E-state index contributed by atoms with van der Waals surface area (Å²) >= 11 is 0. The van der Waals surface area contributed by atoms with Gasteiger partial charge in [0, 0.05) is 44.8 Å². The van der Waals surface area contributed by atoms with E-state index in [-0.39, 0.29) is 12.4 Å². The number of nitrogens with two attached hydrogens (primary N) is 1. The Labute approximate surface area is 293 Å². The molecule has 266 valence electrons. The van der Waals surface area contributed by atoms with E-state index in [1.165, 1.54) is 12.1 Å². The van der Waals surface area contributed by atoms with Crippen molar-refractivity contribution in [2.45, 2.75) is 26.8 Å². The Hall–Kier alpha value is -5.56. The van der Waals surface area contributed by atoms with Gasteiger partial charge in [0.15, 0.2) is 0 Å². The summed E-state index contributed by atoms with van der Waals surface area (Å²) in [4.78, 5) is 34.2. The summed E-state index contributed by atoms with van der Waals surface area (Å²) in [6, 6.07) is 24.0. The number of alkyl halides is 3. The molecule has 0 bridgehead atoms. The Bertz CT molecular complexity index is 2000. The van der Waals surface area contributed by atoms with Crippen LogP contribution in [0.2, 0.25) is 0 Å². The number of carbonyl (C=O) groups excluding carboxylic acids is 2. The summed E-state index contributed by atoms with van der Waals surface area (Å²) in [5.74, 6) is -0.373. The molecule has 4 aromatic carbocycles. The van der Waals surface area contributed by atoms with E-state index >= 15 is 0 Å². The van der Waals surface area contributed by atoms with Crippen molar-refractivity contribution >= 4 is 34.3 Å². The molecule has 1 aliphatic heterocycles. The van der Waals surface area contributed by atoms with E-state index in [9.17, 15) is 22.8 Å². The van der Waals surface area contributed by atoms with Crippen molar-refractivity contribution in [1.29, 1.82) is 0 Å². The molecule has 1 saturated heterocycles. The SMILES string of the molecule is CCOC(=O)c1ccc(N2CCN(CCn3c(-c4ccc(-c5ccc(OC(F)(F)F)cc5)cc4)nc4cc(C(=O)OCC)ccc43)CC2)c(N)c1. The molecule has 6 rings (SSSR count). The molecule has 0 radical (unpaired) electrons. The Morgan fingerprint density at radius 3 is 1.90 bits per heavy atom. The number of aromatic nitrogens is 2. The standard InChI is InChI=1S/C38H38F3N5O5/c1-3-49-36(47)28-11-15-33(31(42)23-28)45-20-17-44(18-21-45)19-22-46-34-16-12-29(37(48)50-4-2)24-32(34)43-35(46)27-7-5-25(6-8-27)26-9-13-30(14-10-26)51-38(39,40)41/h5-16,23-24H,3-4,17-22,42H2,1-2H3. The number of hydrogen-bond acceptors (Lipinski definition) is 9. The highest BCUT2D eigenvalue weighted by atomic mass is 19.4. The third kappa shape index (κ3) is 8.26. The van der Waals surface area contributed by atoms with E-state index in [0.29, 0.717) is 35.5 Å². The molecular formula is C38H38F3N5O5. The third-order valence-corrected chi connectivity index (χ3v) is 8.72. The number of benzene rings is 4. The fourth-order valence-corrected chi connectivity index (χ4v) is 6.22. The number of carbonyl (C=O) groups is 2. The van der Waals surface area contributed by atoms with Crippen LogP contribution < -0.4 is 15.4 Å². The average molecular weight is 702 g/mol. The minimum Gasteiger partial charge on any atom is -0.462 e. The number of ether oxygens (including phenoxy) is 3. The van der Waals surface area contributed by atoms with Crippen molar-refractivity contribution < 1.29 is 37.0 Å². The maximum Gasteiger partial charge on any atom is 0.573 e. The van der Waals surface area contributed by atoms with Crippen LogP contribution in [0.25, 0.3) is 33.5 Å². The summed E-state index contributed by atoms with van der Waals surface area (Å²) in [6.07, 6.45) is -4.75. The summed E-state index contributed by atoms with van der Waals surface area (Å²) in [5.41, 5.74) is 12.5. The van der Waals surface area contributed by atoms with Gasteiger partial charge in [-0.2, -0.15) is 0 Å². The van der Waals surface area contributed by atoms with Crippen LogP contribution in [0.4, 0.5) is 24.5 Å². The number of esters is 2. The first-order valence-corrected chi connectivity index (χ1v) is 16.7. The van der Waals surface area contributed by atoms with E-state index in [2.05, 4.69) is 19.1 Å². The molecule has 13 heteroatoms. The topological polar surface area (TPSA) is 112 Å². The number of fused-ring (bicyclic) bond motifs is 1. The van der Waals surface area contributed by atoms with Crippen molar-refractivity contribution in [1.82, 2.24) is 14.5 Å². The second kappa shape index (κ2) is 15.1. The molecule has 0 atom stereocenters.